The molecule has 110 valence electrons. The summed E-state index contributed by atoms with van der Waals surface area (Å²) in [6, 6.07) is 2.36. The molecule has 1 heterocycles. The Hall–Kier alpha value is -1.00. The largest absolute Gasteiger partial charge is 0.352 e. The van der Waals surface area contributed by atoms with Gasteiger partial charge in [0.2, 0.25) is 0 Å². The number of hydrogen-bond donors (Lipinski definition) is 2. The molecule has 1 rings (SSSR count). The van der Waals surface area contributed by atoms with Gasteiger partial charge in [-0.2, -0.15) is 0 Å². The highest BCUT2D eigenvalue weighted by Gasteiger charge is 2.16. The molecule has 0 aliphatic carbocycles. The predicted octanol–water partition coefficient (Wildman–Crippen LogP) is 2.45. The summed E-state index contributed by atoms with van der Waals surface area (Å²) in [5, 5.41) is 6.03. The van der Waals surface area contributed by atoms with E-state index in [4.69, 9.17) is 0 Å². The Bertz CT molecular complexity index is 413. The SMILES string of the molecule is CNCCCNC(=O)c1cc(C)n(C(C)C)c1C.Cl. The van der Waals surface area contributed by atoms with Gasteiger partial charge in [0.1, 0.15) is 0 Å². The van der Waals surface area contributed by atoms with Gasteiger partial charge in [0.15, 0.2) is 0 Å². The van der Waals surface area contributed by atoms with Crippen LogP contribution in [0.5, 0.6) is 0 Å². The second-order valence-corrected chi connectivity index (χ2v) is 4.96. The number of carbonyl (C=O) groups is 1. The molecule has 0 atom stereocenters. The summed E-state index contributed by atoms with van der Waals surface area (Å²) in [4.78, 5) is 12.1. The minimum absolute atomic E-state index is 0. The van der Waals surface area contributed by atoms with E-state index in [-0.39, 0.29) is 18.3 Å². The Morgan fingerprint density at radius 2 is 1.95 bits per heavy atom. The molecule has 0 aromatic carbocycles. The van der Waals surface area contributed by atoms with Gasteiger partial charge < -0.3 is 15.2 Å². The number of hydrogen-bond acceptors (Lipinski definition) is 2. The Balaban J connectivity index is 0.00000324. The summed E-state index contributed by atoms with van der Waals surface area (Å²) < 4.78 is 2.20. The molecule has 0 spiro atoms. The lowest BCUT2D eigenvalue weighted by Crippen LogP contribution is -2.27. The van der Waals surface area contributed by atoms with E-state index in [1.165, 1.54) is 0 Å². The van der Waals surface area contributed by atoms with Gasteiger partial charge in [-0.3, -0.25) is 4.79 Å². The van der Waals surface area contributed by atoms with Crippen molar-refractivity contribution < 1.29 is 4.79 Å². The highest BCUT2D eigenvalue weighted by Crippen LogP contribution is 2.19. The predicted molar refractivity (Wildman–Crippen MR) is 82.4 cm³/mol. The zero-order valence-corrected chi connectivity index (χ0v) is 13.4. The number of carbonyl (C=O) groups excluding carboxylic acids is 1. The standard InChI is InChI=1S/C14H25N3O.ClH/c1-10(2)17-11(3)9-13(12(17)4)14(18)16-8-6-7-15-5;/h9-10,15H,6-8H2,1-5H3,(H,16,18);1H. The van der Waals surface area contributed by atoms with Crippen molar-refractivity contribution in [3.8, 4) is 0 Å². The highest BCUT2D eigenvalue weighted by molar-refractivity contribution is 5.95. The van der Waals surface area contributed by atoms with Gasteiger partial charge in [-0.15, -0.1) is 12.4 Å². The minimum Gasteiger partial charge on any atom is -0.352 e. The van der Waals surface area contributed by atoms with E-state index in [0.717, 1.165) is 29.9 Å². The van der Waals surface area contributed by atoms with Crippen LogP contribution in [-0.2, 0) is 0 Å². The van der Waals surface area contributed by atoms with Gasteiger partial charge >= 0.3 is 0 Å². The molecule has 1 aromatic heterocycles. The van der Waals surface area contributed by atoms with Crippen LogP contribution in [0.2, 0.25) is 0 Å². The van der Waals surface area contributed by atoms with Gasteiger partial charge in [-0.25, -0.2) is 0 Å². The van der Waals surface area contributed by atoms with Gasteiger partial charge in [0, 0.05) is 24.0 Å². The molecule has 0 radical (unpaired) electrons. The Morgan fingerprint density at radius 1 is 1.32 bits per heavy atom. The van der Waals surface area contributed by atoms with Gasteiger partial charge in [-0.05, 0) is 53.8 Å². The number of aryl methyl sites for hydroxylation is 1. The molecule has 0 saturated heterocycles. The van der Waals surface area contributed by atoms with Crippen molar-refractivity contribution in [1.82, 2.24) is 15.2 Å². The Labute approximate surface area is 122 Å². The smallest absolute Gasteiger partial charge is 0.253 e. The van der Waals surface area contributed by atoms with Crippen LogP contribution >= 0.6 is 12.4 Å². The van der Waals surface area contributed by atoms with Crippen molar-refractivity contribution in [3.05, 3.63) is 23.0 Å². The number of nitrogens with zero attached hydrogens (tertiary/aromatic N) is 1. The molecule has 0 aliphatic heterocycles. The third-order valence-corrected chi connectivity index (χ3v) is 3.13. The molecule has 0 saturated carbocycles. The average molecular weight is 288 g/mol. The van der Waals surface area contributed by atoms with Gasteiger partial charge in [0.05, 0.1) is 5.56 Å². The van der Waals surface area contributed by atoms with E-state index in [1.54, 1.807) is 0 Å². The van der Waals surface area contributed by atoms with Crippen molar-refractivity contribution in [2.45, 2.75) is 40.2 Å². The van der Waals surface area contributed by atoms with E-state index >= 15 is 0 Å². The van der Waals surface area contributed by atoms with E-state index in [1.807, 2.05) is 27.0 Å². The first kappa shape index (κ1) is 18.0. The van der Waals surface area contributed by atoms with Crippen molar-refractivity contribution in [2.75, 3.05) is 20.1 Å². The quantitative estimate of drug-likeness (QED) is 0.790. The number of nitrogens with one attached hydrogen (secondary N) is 2. The maximum absolute atomic E-state index is 12.1. The average Bonchev–Trinajstić information content (AvgIpc) is 2.60. The van der Waals surface area contributed by atoms with Crippen molar-refractivity contribution in [3.63, 3.8) is 0 Å². The van der Waals surface area contributed by atoms with Gasteiger partial charge in [-0.1, -0.05) is 0 Å². The Kier molecular flexibility index (Phi) is 7.79. The first-order valence-corrected chi connectivity index (χ1v) is 6.60. The Morgan fingerprint density at radius 3 is 2.42 bits per heavy atom. The van der Waals surface area contributed by atoms with Crippen LogP contribution in [0.4, 0.5) is 0 Å². The van der Waals surface area contributed by atoms with Crippen LogP contribution < -0.4 is 10.6 Å². The third-order valence-electron chi connectivity index (χ3n) is 3.13. The summed E-state index contributed by atoms with van der Waals surface area (Å²) in [6.45, 7) is 9.96. The molecule has 5 heteroatoms. The van der Waals surface area contributed by atoms with Crippen LogP contribution in [0.1, 0.15) is 48.1 Å². The van der Waals surface area contributed by atoms with E-state index in [0.29, 0.717) is 12.6 Å². The summed E-state index contributed by atoms with van der Waals surface area (Å²) in [5.74, 6) is 0.0334. The molecule has 1 aromatic rings. The topological polar surface area (TPSA) is 46.1 Å². The van der Waals surface area contributed by atoms with Crippen molar-refractivity contribution in [2.24, 2.45) is 0 Å². The van der Waals surface area contributed by atoms with Crippen LogP contribution in [0.15, 0.2) is 6.07 Å². The normalized spacial score (nSPS) is 10.4. The molecule has 0 fully saturated rings. The number of rotatable bonds is 6. The first-order chi connectivity index (χ1) is 8.49. The van der Waals surface area contributed by atoms with Crippen LogP contribution in [-0.4, -0.2) is 30.6 Å². The van der Waals surface area contributed by atoms with E-state index < -0.39 is 0 Å². The summed E-state index contributed by atoms with van der Waals surface area (Å²) in [6.07, 6.45) is 0.950. The molecule has 1 amide bonds. The molecule has 2 N–H and O–H groups in total. The molecular weight excluding hydrogens is 262 g/mol. The zero-order chi connectivity index (χ0) is 13.7. The fourth-order valence-electron chi connectivity index (χ4n) is 2.36. The molecular formula is C14H26ClN3O. The van der Waals surface area contributed by atoms with Crippen molar-refractivity contribution >= 4 is 18.3 Å². The van der Waals surface area contributed by atoms with Gasteiger partial charge in [0.25, 0.3) is 5.91 Å². The zero-order valence-electron chi connectivity index (χ0n) is 12.5. The van der Waals surface area contributed by atoms with E-state index in [2.05, 4.69) is 29.0 Å². The number of aromatic nitrogens is 1. The highest BCUT2D eigenvalue weighted by atomic mass is 35.5. The second kappa shape index (κ2) is 8.23. The molecule has 0 aliphatic rings. The first-order valence-electron chi connectivity index (χ1n) is 6.60. The fraction of sp³-hybridized carbons (Fsp3) is 0.643. The minimum atomic E-state index is 0. The van der Waals surface area contributed by atoms with Crippen LogP contribution in [0.3, 0.4) is 0 Å². The fourth-order valence-corrected chi connectivity index (χ4v) is 2.36. The second-order valence-electron chi connectivity index (χ2n) is 4.96. The maximum atomic E-state index is 12.1. The molecule has 0 unspecified atom stereocenters. The third kappa shape index (κ3) is 4.55. The lowest BCUT2D eigenvalue weighted by molar-refractivity contribution is 0.0952. The molecule has 4 nitrogen and oxygen atoms in total. The number of halogens is 1. The van der Waals surface area contributed by atoms with Crippen LogP contribution in [0, 0.1) is 13.8 Å². The summed E-state index contributed by atoms with van der Waals surface area (Å²) in [7, 11) is 1.91. The molecule has 0 bridgehead atoms. The lowest BCUT2D eigenvalue weighted by atomic mass is 10.2. The lowest BCUT2D eigenvalue weighted by Gasteiger charge is -2.13. The number of amides is 1. The monoisotopic (exact) mass is 287 g/mol. The molecule has 19 heavy (non-hydrogen) atoms. The van der Waals surface area contributed by atoms with Crippen LogP contribution in [0.25, 0.3) is 0 Å². The van der Waals surface area contributed by atoms with E-state index in [9.17, 15) is 4.79 Å². The summed E-state index contributed by atoms with van der Waals surface area (Å²) >= 11 is 0. The maximum Gasteiger partial charge on any atom is 0.253 e. The van der Waals surface area contributed by atoms with Crippen molar-refractivity contribution in [1.29, 1.82) is 0 Å². The summed E-state index contributed by atoms with van der Waals surface area (Å²) in [5.41, 5.74) is 2.99.